The molecule has 0 unspecified atom stereocenters. The molecule has 8 heteroatoms. The second kappa shape index (κ2) is 7.40. The highest BCUT2D eigenvalue weighted by Crippen LogP contribution is 2.29. The van der Waals surface area contributed by atoms with Crippen molar-refractivity contribution in [3.05, 3.63) is 72.1 Å². The molecule has 2 N–H and O–H groups in total. The van der Waals surface area contributed by atoms with Crippen LogP contribution in [-0.2, 0) is 6.54 Å². The van der Waals surface area contributed by atoms with Crippen LogP contribution < -0.4 is 4.90 Å². The molecule has 0 amide bonds. The largest absolute Gasteiger partial charge is 0.355 e. The lowest BCUT2D eigenvalue weighted by Crippen LogP contribution is -2.18. The highest BCUT2D eigenvalue weighted by atomic mass is 15.5. The summed E-state index contributed by atoms with van der Waals surface area (Å²) in [6.45, 7) is 2.88. The number of nitrogens with zero attached hydrogens (tertiary/aromatic N) is 6. The molecule has 0 aliphatic rings. The van der Waals surface area contributed by atoms with Gasteiger partial charge in [0.25, 0.3) is 0 Å². The van der Waals surface area contributed by atoms with Gasteiger partial charge in [0, 0.05) is 24.8 Å². The zero-order chi connectivity index (χ0) is 20.5. The summed E-state index contributed by atoms with van der Waals surface area (Å²) in [5.74, 6) is 1.47. The van der Waals surface area contributed by atoms with Crippen molar-refractivity contribution in [3.63, 3.8) is 0 Å². The maximum absolute atomic E-state index is 4.55. The van der Waals surface area contributed by atoms with Crippen molar-refractivity contribution in [2.75, 3.05) is 11.9 Å². The van der Waals surface area contributed by atoms with Gasteiger partial charge >= 0.3 is 0 Å². The van der Waals surface area contributed by atoms with E-state index >= 15 is 0 Å². The van der Waals surface area contributed by atoms with E-state index in [0.717, 1.165) is 40.2 Å². The number of hydrogen-bond donors (Lipinski definition) is 2. The van der Waals surface area contributed by atoms with Crippen LogP contribution in [0.25, 0.3) is 33.7 Å². The molecule has 0 fully saturated rings. The Morgan fingerprint density at radius 3 is 2.57 bits per heavy atom. The summed E-state index contributed by atoms with van der Waals surface area (Å²) in [6.07, 6.45) is 1.60. The van der Waals surface area contributed by atoms with Crippen LogP contribution in [0.15, 0.2) is 60.9 Å². The van der Waals surface area contributed by atoms with Crippen molar-refractivity contribution in [3.8, 4) is 22.6 Å². The summed E-state index contributed by atoms with van der Waals surface area (Å²) >= 11 is 0. The molecular weight excluding hydrogens is 376 g/mol. The van der Waals surface area contributed by atoms with Crippen molar-refractivity contribution in [1.29, 1.82) is 0 Å². The third-order valence-electron chi connectivity index (χ3n) is 5.07. The van der Waals surface area contributed by atoms with Crippen LogP contribution in [-0.4, -0.2) is 42.6 Å². The average molecular weight is 396 g/mol. The Balaban J connectivity index is 1.46. The zero-order valence-corrected chi connectivity index (χ0v) is 16.7. The Morgan fingerprint density at radius 1 is 0.967 bits per heavy atom. The maximum atomic E-state index is 4.55. The van der Waals surface area contributed by atoms with Gasteiger partial charge in [-0.1, -0.05) is 54.1 Å². The number of benzene rings is 2. The van der Waals surface area contributed by atoms with Gasteiger partial charge in [-0.3, -0.25) is 0 Å². The molecule has 0 radical (unpaired) electrons. The molecule has 0 atom stereocenters. The van der Waals surface area contributed by atoms with E-state index in [1.165, 1.54) is 11.1 Å². The highest BCUT2D eigenvalue weighted by Gasteiger charge is 2.13. The Labute approximate surface area is 173 Å². The van der Waals surface area contributed by atoms with Crippen molar-refractivity contribution in [2.45, 2.75) is 13.5 Å². The summed E-state index contributed by atoms with van der Waals surface area (Å²) in [5.41, 5.74) is 6.25. The van der Waals surface area contributed by atoms with Crippen LogP contribution in [0.1, 0.15) is 11.1 Å². The summed E-state index contributed by atoms with van der Waals surface area (Å²) in [6, 6.07) is 18.6. The number of tetrazole rings is 1. The summed E-state index contributed by atoms with van der Waals surface area (Å²) in [7, 11) is 2.05. The first-order valence-corrected chi connectivity index (χ1v) is 9.62. The average Bonchev–Trinajstić information content (AvgIpc) is 3.43. The van der Waals surface area contributed by atoms with Gasteiger partial charge in [0.1, 0.15) is 17.8 Å². The predicted molar refractivity (Wildman–Crippen MR) is 116 cm³/mol. The molecule has 148 valence electrons. The number of rotatable bonds is 5. The van der Waals surface area contributed by atoms with E-state index in [9.17, 15) is 0 Å². The SMILES string of the molecule is Cc1cccc(CN(C)c2ncnc3[nH]c(-c4ccc(-c5nn[nH]n5)cc4)cc23)c1. The topological polar surface area (TPSA) is 99.3 Å². The van der Waals surface area contributed by atoms with E-state index in [2.05, 4.69) is 84.8 Å². The fourth-order valence-corrected chi connectivity index (χ4v) is 3.63. The van der Waals surface area contributed by atoms with E-state index in [1.807, 2.05) is 24.3 Å². The van der Waals surface area contributed by atoms with Crippen LogP contribution in [0.5, 0.6) is 0 Å². The van der Waals surface area contributed by atoms with Gasteiger partial charge in [-0.05, 0) is 29.3 Å². The Bertz CT molecular complexity index is 1290. The first-order chi connectivity index (χ1) is 14.7. The van der Waals surface area contributed by atoms with Gasteiger partial charge in [-0.2, -0.15) is 5.21 Å². The lowest BCUT2D eigenvalue weighted by molar-refractivity contribution is 0.881. The molecule has 5 rings (SSSR count). The third-order valence-corrected chi connectivity index (χ3v) is 5.07. The summed E-state index contributed by atoms with van der Waals surface area (Å²) < 4.78 is 0. The minimum atomic E-state index is 0.573. The first kappa shape index (κ1) is 18.0. The number of aromatic amines is 2. The Hall–Kier alpha value is -4.07. The molecule has 2 aromatic carbocycles. The molecule has 3 heterocycles. The normalized spacial score (nSPS) is 11.1. The summed E-state index contributed by atoms with van der Waals surface area (Å²) in [4.78, 5) is 14.5. The molecule has 3 aromatic heterocycles. The Kier molecular flexibility index (Phi) is 4.44. The predicted octanol–water partition coefficient (Wildman–Crippen LogP) is 3.75. The minimum absolute atomic E-state index is 0.573. The third kappa shape index (κ3) is 3.39. The van der Waals surface area contributed by atoms with Crippen LogP contribution >= 0.6 is 0 Å². The van der Waals surface area contributed by atoms with Gasteiger partial charge in [-0.25, -0.2) is 9.97 Å². The monoisotopic (exact) mass is 396 g/mol. The molecule has 0 aliphatic heterocycles. The van der Waals surface area contributed by atoms with Crippen molar-refractivity contribution in [1.82, 2.24) is 35.6 Å². The fraction of sp³-hybridized carbons (Fsp3) is 0.136. The van der Waals surface area contributed by atoms with Crippen LogP contribution in [0, 0.1) is 6.92 Å². The minimum Gasteiger partial charge on any atom is -0.355 e. The van der Waals surface area contributed by atoms with E-state index < -0.39 is 0 Å². The standard InChI is InChI=1S/C22H20N8/c1-14-4-3-5-15(10-14)12-30(2)22-18-11-19(25-21(18)23-13-24-22)16-6-8-17(9-7-16)20-26-28-29-27-20/h3-11,13H,12H2,1-2H3,(H,23,24,25)(H,26,27,28,29). The molecule has 0 bridgehead atoms. The molecule has 30 heavy (non-hydrogen) atoms. The molecular formula is C22H20N8. The lowest BCUT2D eigenvalue weighted by Gasteiger charge is -2.19. The van der Waals surface area contributed by atoms with Gasteiger partial charge in [0.05, 0.1) is 5.39 Å². The molecule has 0 saturated carbocycles. The van der Waals surface area contributed by atoms with E-state index in [1.54, 1.807) is 6.33 Å². The number of fused-ring (bicyclic) bond motifs is 1. The molecule has 5 aromatic rings. The highest BCUT2D eigenvalue weighted by molar-refractivity contribution is 5.91. The van der Waals surface area contributed by atoms with Crippen molar-refractivity contribution < 1.29 is 0 Å². The smallest absolute Gasteiger partial charge is 0.204 e. The van der Waals surface area contributed by atoms with Gasteiger partial charge in [0.15, 0.2) is 0 Å². The maximum Gasteiger partial charge on any atom is 0.204 e. The molecule has 8 nitrogen and oxygen atoms in total. The number of anilines is 1. The number of aromatic nitrogens is 7. The molecule has 0 spiro atoms. The fourth-order valence-electron chi connectivity index (χ4n) is 3.63. The first-order valence-electron chi connectivity index (χ1n) is 9.62. The van der Waals surface area contributed by atoms with Gasteiger partial charge in [-0.15, -0.1) is 10.2 Å². The van der Waals surface area contributed by atoms with Gasteiger partial charge < -0.3 is 9.88 Å². The lowest BCUT2D eigenvalue weighted by atomic mass is 10.1. The quantitative estimate of drug-likeness (QED) is 0.469. The zero-order valence-electron chi connectivity index (χ0n) is 16.7. The van der Waals surface area contributed by atoms with E-state index in [-0.39, 0.29) is 0 Å². The Morgan fingerprint density at radius 2 is 1.80 bits per heavy atom. The van der Waals surface area contributed by atoms with E-state index in [4.69, 9.17) is 0 Å². The van der Waals surface area contributed by atoms with Crippen LogP contribution in [0.4, 0.5) is 5.82 Å². The molecule has 0 aliphatic carbocycles. The number of H-pyrrole nitrogens is 2. The number of hydrogen-bond acceptors (Lipinski definition) is 6. The van der Waals surface area contributed by atoms with Crippen LogP contribution in [0.2, 0.25) is 0 Å². The van der Waals surface area contributed by atoms with Crippen molar-refractivity contribution >= 4 is 16.9 Å². The second-order valence-corrected chi connectivity index (χ2v) is 7.30. The number of nitrogens with one attached hydrogen (secondary N) is 2. The van der Waals surface area contributed by atoms with Crippen molar-refractivity contribution in [2.24, 2.45) is 0 Å². The van der Waals surface area contributed by atoms with Gasteiger partial charge in [0.2, 0.25) is 5.82 Å². The second-order valence-electron chi connectivity index (χ2n) is 7.30. The molecule has 0 saturated heterocycles. The van der Waals surface area contributed by atoms with E-state index in [0.29, 0.717) is 5.82 Å². The number of aryl methyl sites for hydroxylation is 1. The summed E-state index contributed by atoms with van der Waals surface area (Å²) in [5, 5.41) is 15.1. The van der Waals surface area contributed by atoms with Crippen LogP contribution in [0.3, 0.4) is 0 Å².